The summed E-state index contributed by atoms with van der Waals surface area (Å²) in [6.45, 7) is 0. The molecule has 0 saturated heterocycles. The monoisotopic (exact) mass is 410 g/mol. The fraction of sp³-hybridized carbons (Fsp3) is 0.158. The van der Waals surface area contributed by atoms with Crippen molar-refractivity contribution in [2.45, 2.75) is 17.1 Å². The lowest BCUT2D eigenvalue weighted by molar-refractivity contribution is -0.141. The Morgan fingerprint density at radius 2 is 1.71 bits per heavy atom. The van der Waals surface area contributed by atoms with E-state index < -0.39 is 17.7 Å². The highest BCUT2D eigenvalue weighted by molar-refractivity contribution is 7.98. The van der Waals surface area contributed by atoms with E-state index in [9.17, 15) is 17.6 Å². The van der Waals surface area contributed by atoms with E-state index in [2.05, 4.69) is 9.97 Å². The topological polar surface area (TPSA) is 44.2 Å². The van der Waals surface area contributed by atoms with Crippen molar-refractivity contribution in [3.63, 3.8) is 0 Å². The van der Waals surface area contributed by atoms with Gasteiger partial charge in [0.05, 0.1) is 7.11 Å². The minimum atomic E-state index is -4.68. The Morgan fingerprint density at radius 1 is 0.964 bits per heavy atom. The molecule has 0 atom stereocenters. The van der Waals surface area contributed by atoms with Gasteiger partial charge in [-0.2, -0.15) is 18.2 Å². The van der Waals surface area contributed by atoms with Gasteiger partial charge in [0.15, 0.2) is 10.9 Å². The molecule has 28 heavy (non-hydrogen) atoms. The van der Waals surface area contributed by atoms with Crippen LogP contribution in [0.1, 0.15) is 11.3 Å². The summed E-state index contributed by atoms with van der Waals surface area (Å²) in [5.41, 5.74) is -0.805. The number of rotatable bonds is 6. The standard InChI is InChI=1S/C19H14F4N2O2S/c1-26-13-6-4-7-14(9-13)27-17-10-16(19(21,22)23)24-18(25-17)28-11-12-5-2-3-8-15(12)20/h2-10H,11H2,1H3. The zero-order valence-electron chi connectivity index (χ0n) is 14.5. The second-order valence-corrected chi connectivity index (χ2v) is 6.48. The van der Waals surface area contributed by atoms with Crippen molar-refractivity contribution in [3.8, 4) is 17.4 Å². The molecule has 0 aliphatic heterocycles. The SMILES string of the molecule is COc1cccc(Oc2cc(C(F)(F)F)nc(SCc3ccccc3F)n2)c1. The van der Waals surface area contributed by atoms with E-state index in [4.69, 9.17) is 9.47 Å². The molecule has 0 bridgehead atoms. The van der Waals surface area contributed by atoms with Crippen LogP contribution in [0.25, 0.3) is 0 Å². The first-order valence-corrected chi connectivity index (χ1v) is 8.98. The summed E-state index contributed by atoms with van der Waals surface area (Å²) in [4.78, 5) is 7.53. The number of methoxy groups -OCH3 is 1. The van der Waals surface area contributed by atoms with Crippen LogP contribution in [-0.2, 0) is 11.9 Å². The molecule has 0 aliphatic rings. The quantitative estimate of drug-likeness (QED) is 0.295. The zero-order valence-corrected chi connectivity index (χ0v) is 15.4. The first-order chi connectivity index (χ1) is 13.3. The van der Waals surface area contributed by atoms with Crippen LogP contribution in [0.3, 0.4) is 0 Å². The van der Waals surface area contributed by atoms with Crippen LogP contribution in [-0.4, -0.2) is 17.1 Å². The largest absolute Gasteiger partial charge is 0.497 e. The number of thioether (sulfide) groups is 1. The molecule has 0 amide bonds. The van der Waals surface area contributed by atoms with Crippen molar-refractivity contribution in [1.82, 2.24) is 9.97 Å². The highest BCUT2D eigenvalue weighted by Crippen LogP contribution is 2.33. The van der Waals surface area contributed by atoms with Crippen molar-refractivity contribution < 1.29 is 27.0 Å². The summed E-state index contributed by atoms with van der Waals surface area (Å²) in [6, 6.07) is 13.1. The number of benzene rings is 2. The summed E-state index contributed by atoms with van der Waals surface area (Å²) >= 11 is 0.883. The van der Waals surface area contributed by atoms with Crippen LogP contribution in [0.2, 0.25) is 0 Å². The predicted octanol–water partition coefficient (Wildman–Crippen LogP) is 5.73. The number of hydrogen-bond acceptors (Lipinski definition) is 5. The lowest BCUT2D eigenvalue weighted by Crippen LogP contribution is -2.10. The van der Waals surface area contributed by atoms with Crippen molar-refractivity contribution in [3.05, 3.63) is 71.7 Å². The number of hydrogen-bond donors (Lipinski definition) is 0. The third kappa shape index (κ3) is 5.13. The first-order valence-electron chi connectivity index (χ1n) is 7.99. The fourth-order valence-electron chi connectivity index (χ4n) is 2.21. The molecule has 9 heteroatoms. The summed E-state index contributed by atoms with van der Waals surface area (Å²) in [6.07, 6.45) is -4.68. The van der Waals surface area contributed by atoms with Gasteiger partial charge in [0.1, 0.15) is 17.3 Å². The smallest absolute Gasteiger partial charge is 0.433 e. The Kier molecular flexibility index (Phi) is 6.03. The van der Waals surface area contributed by atoms with Gasteiger partial charge in [-0.3, -0.25) is 0 Å². The average Bonchev–Trinajstić information content (AvgIpc) is 2.67. The summed E-state index contributed by atoms with van der Waals surface area (Å²) in [7, 11) is 1.46. The average molecular weight is 410 g/mol. The zero-order chi connectivity index (χ0) is 20.1. The van der Waals surface area contributed by atoms with Gasteiger partial charge in [0.2, 0.25) is 5.88 Å². The van der Waals surface area contributed by atoms with E-state index in [1.807, 2.05) is 0 Å². The lowest BCUT2D eigenvalue weighted by atomic mass is 10.2. The second-order valence-electron chi connectivity index (χ2n) is 5.53. The third-order valence-corrected chi connectivity index (χ3v) is 4.45. The van der Waals surface area contributed by atoms with Crippen LogP contribution < -0.4 is 9.47 Å². The van der Waals surface area contributed by atoms with Gasteiger partial charge in [-0.1, -0.05) is 36.0 Å². The minimum Gasteiger partial charge on any atom is -0.497 e. The van der Waals surface area contributed by atoms with Gasteiger partial charge in [0.25, 0.3) is 0 Å². The van der Waals surface area contributed by atoms with Gasteiger partial charge in [-0.15, -0.1) is 0 Å². The molecule has 0 spiro atoms. The molecule has 0 aliphatic carbocycles. The van der Waals surface area contributed by atoms with E-state index in [0.29, 0.717) is 17.4 Å². The van der Waals surface area contributed by atoms with E-state index in [0.717, 1.165) is 11.8 Å². The fourth-order valence-corrected chi connectivity index (χ4v) is 3.05. The van der Waals surface area contributed by atoms with Crippen LogP contribution >= 0.6 is 11.8 Å². The van der Waals surface area contributed by atoms with Gasteiger partial charge in [-0.05, 0) is 23.8 Å². The summed E-state index contributed by atoms with van der Waals surface area (Å²) < 4.78 is 63.8. The minimum absolute atomic E-state index is 0.0760. The number of aromatic nitrogens is 2. The molecule has 0 unspecified atom stereocenters. The van der Waals surface area contributed by atoms with Crippen molar-refractivity contribution >= 4 is 11.8 Å². The highest BCUT2D eigenvalue weighted by Gasteiger charge is 2.34. The maximum atomic E-state index is 13.7. The van der Waals surface area contributed by atoms with E-state index in [1.54, 1.807) is 30.3 Å². The van der Waals surface area contributed by atoms with Gasteiger partial charge in [-0.25, -0.2) is 9.37 Å². The highest BCUT2D eigenvalue weighted by atomic mass is 32.2. The van der Waals surface area contributed by atoms with E-state index in [-0.39, 0.29) is 22.5 Å². The lowest BCUT2D eigenvalue weighted by Gasteiger charge is -2.11. The number of alkyl halides is 3. The van der Waals surface area contributed by atoms with Crippen molar-refractivity contribution in [1.29, 1.82) is 0 Å². The molecule has 3 rings (SSSR count). The Bertz CT molecular complexity index is 967. The Labute approximate surface area is 162 Å². The van der Waals surface area contributed by atoms with Gasteiger partial charge >= 0.3 is 6.18 Å². The molecule has 3 aromatic rings. The predicted molar refractivity (Wildman–Crippen MR) is 96.1 cm³/mol. The molecule has 2 aromatic carbocycles. The van der Waals surface area contributed by atoms with Gasteiger partial charge in [0, 0.05) is 17.9 Å². The number of nitrogens with zero attached hydrogens (tertiary/aromatic N) is 2. The molecule has 4 nitrogen and oxygen atoms in total. The number of ether oxygens (including phenoxy) is 2. The second kappa shape index (κ2) is 8.47. The molecule has 1 heterocycles. The molecule has 0 fully saturated rings. The Hall–Kier alpha value is -2.81. The third-order valence-electron chi connectivity index (χ3n) is 3.55. The van der Waals surface area contributed by atoms with Crippen molar-refractivity contribution in [2.75, 3.05) is 7.11 Å². The molecule has 146 valence electrons. The summed E-state index contributed by atoms with van der Waals surface area (Å²) in [5, 5.41) is -0.170. The van der Waals surface area contributed by atoms with Crippen LogP contribution in [0.4, 0.5) is 17.6 Å². The molecule has 0 saturated carbocycles. The molecular weight excluding hydrogens is 396 g/mol. The van der Waals surface area contributed by atoms with Crippen molar-refractivity contribution in [2.24, 2.45) is 0 Å². The first kappa shape index (κ1) is 19.9. The van der Waals surface area contributed by atoms with Gasteiger partial charge < -0.3 is 9.47 Å². The Morgan fingerprint density at radius 3 is 2.43 bits per heavy atom. The van der Waals surface area contributed by atoms with Crippen LogP contribution in [0.15, 0.2) is 59.8 Å². The normalized spacial score (nSPS) is 11.3. The summed E-state index contributed by atoms with van der Waals surface area (Å²) in [5.74, 6) is 0.0986. The number of halogens is 4. The molecule has 1 aromatic heterocycles. The Balaban J connectivity index is 1.87. The van der Waals surface area contributed by atoms with E-state index >= 15 is 0 Å². The maximum absolute atomic E-state index is 13.7. The molecular formula is C19H14F4N2O2S. The maximum Gasteiger partial charge on any atom is 0.433 e. The molecule has 0 radical (unpaired) electrons. The molecule has 0 N–H and O–H groups in total. The van der Waals surface area contributed by atoms with E-state index in [1.165, 1.54) is 25.3 Å². The van der Waals surface area contributed by atoms with Crippen LogP contribution in [0, 0.1) is 5.82 Å². The van der Waals surface area contributed by atoms with Crippen LogP contribution in [0.5, 0.6) is 17.4 Å².